The topological polar surface area (TPSA) is 120 Å². The quantitative estimate of drug-likeness (QED) is 0.802. The number of hydrogen-bond donors (Lipinski definition) is 1. The summed E-state index contributed by atoms with van der Waals surface area (Å²) in [6, 6.07) is 4.56. The second-order valence-corrected chi connectivity index (χ2v) is 8.72. The zero-order valence-corrected chi connectivity index (χ0v) is 12.4. The highest BCUT2D eigenvalue weighted by molar-refractivity contribution is 7.95. The van der Waals surface area contributed by atoms with E-state index in [1.165, 1.54) is 19.1 Å². The molecule has 0 saturated carbocycles. The summed E-state index contributed by atoms with van der Waals surface area (Å²) in [5.74, 6) is -1.11. The molecule has 2 N–H and O–H groups in total. The number of rotatable bonds is 5. The Morgan fingerprint density at radius 1 is 1.20 bits per heavy atom. The maximum atomic E-state index is 12.0. The van der Waals surface area contributed by atoms with Crippen LogP contribution in [0, 0.1) is 0 Å². The van der Waals surface area contributed by atoms with Crippen LogP contribution in [0.2, 0.25) is 0 Å². The Morgan fingerprint density at radius 2 is 1.90 bits per heavy atom. The molecule has 0 fully saturated rings. The van der Waals surface area contributed by atoms with E-state index in [1.54, 1.807) is 6.07 Å². The Morgan fingerprint density at radius 3 is 2.55 bits per heavy atom. The molecule has 0 bridgehead atoms. The Balaban J connectivity index is 2.32. The normalized spacial score (nSPS) is 12.8. The molecule has 9 heteroatoms. The number of nitrogens with two attached hydrogens (primary N) is 1. The van der Waals surface area contributed by atoms with E-state index in [1.807, 2.05) is 0 Å². The number of benzene rings is 1. The second kappa shape index (κ2) is 5.06. The predicted molar refractivity (Wildman–Crippen MR) is 74.8 cm³/mol. The van der Waals surface area contributed by atoms with Crippen LogP contribution in [0.4, 0.5) is 5.69 Å². The number of fused-ring (bicyclic) bond motifs is 1. The molecule has 1 aromatic heterocycles. The molecule has 1 heterocycles. The fourth-order valence-electron chi connectivity index (χ4n) is 1.52. The first-order valence-corrected chi connectivity index (χ1v) is 9.30. The summed E-state index contributed by atoms with van der Waals surface area (Å²) >= 11 is 0. The zero-order valence-electron chi connectivity index (χ0n) is 10.7. The first-order valence-electron chi connectivity index (χ1n) is 5.83. The summed E-state index contributed by atoms with van der Waals surface area (Å²) in [5, 5.41) is -0.482. The van der Waals surface area contributed by atoms with Gasteiger partial charge in [-0.2, -0.15) is 4.98 Å². The van der Waals surface area contributed by atoms with Crippen molar-refractivity contribution >= 4 is 36.5 Å². The third kappa shape index (κ3) is 3.10. The van der Waals surface area contributed by atoms with Gasteiger partial charge in [-0.3, -0.25) is 0 Å². The van der Waals surface area contributed by atoms with Gasteiger partial charge in [0.2, 0.25) is 9.84 Å². The van der Waals surface area contributed by atoms with Crippen molar-refractivity contribution in [3.63, 3.8) is 0 Å². The van der Waals surface area contributed by atoms with E-state index in [-0.39, 0.29) is 11.3 Å². The number of nitrogens with zero attached hydrogens (tertiary/aromatic N) is 1. The molecule has 20 heavy (non-hydrogen) atoms. The van der Waals surface area contributed by atoms with E-state index >= 15 is 0 Å². The van der Waals surface area contributed by atoms with Crippen molar-refractivity contribution in [3.8, 4) is 0 Å². The lowest BCUT2D eigenvalue weighted by molar-refractivity contribution is 0.459. The van der Waals surface area contributed by atoms with Crippen LogP contribution in [-0.4, -0.2) is 39.1 Å². The highest BCUT2D eigenvalue weighted by Crippen LogP contribution is 2.21. The van der Waals surface area contributed by atoms with Gasteiger partial charge in [-0.15, -0.1) is 0 Å². The maximum absolute atomic E-state index is 12.0. The summed E-state index contributed by atoms with van der Waals surface area (Å²) in [4.78, 5) is 3.84. The van der Waals surface area contributed by atoms with Crippen molar-refractivity contribution in [3.05, 3.63) is 18.2 Å². The average Bonchev–Trinajstić information content (AvgIpc) is 2.80. The lowest BCUT2D eigenvalue weighted by Crippen LogP contribution is -2.18. The van der Waals surface area contributed by atoms with Crippen LogP contribution in [0.25, 0.3) is 11.1 Å². The van der Waals surface area contributed by atoms with Gasteiger partial charge in [-0.1, -0.05) is 6.92 Å². The smallest absolute Gasteiger partial charge is 0.316 e. The first-order chi connectivity index (χ1) is 9.23. The van der Waals surface area contributed by atoms with Gasteiger partial charge < -0.3 is 10.2 Å². The summed E-state index contributed by atoms with van der Waals surface area (Å²) in [6.07, 6.45) is 0. The molecule has 0 atom stereocenters. The van der Waals surface area contributed by atoms with Crippen LogP contribution in [-0.2, 0) is 19.7 Å². The number of nitrogen functional groups attached to an aromatic ring is 1. The van der Waals surface area contributed by atoms with Gasteiger partial charge in [0.15, 0.2) is 15.4 Å². The summed E-state index contributed by atoms with van der Waals surface area (Å²) in [5.41, 5.74) is 6.61. The minimum atomic E-state index is -3.88. The molecule has 0 aliphatic heterocycles. The molecule has 0 unspecified atom stereocenters. The van der Waals surface area contributed by atoms with Crippen molar-refractivity contribution < 1.29 is 21.3 Å². The van der Waals surface area contributed by atoms with Crippen LogP contribution in [0.15, 0.2) is 27.8 Å². The SMILES string of the molecule is CCS(=O)(=O)CCS(=O)(=O)c1nc2cc(N)ccc2o1. The van der Waals surface area contributed by atoms with Crippen molar-refractivity contribution in [2.45, 2.75) is 12.1 Å². The van der Waals surface area contributed by atoms with Gasteiger partial charge in [0.25, 0.3) is 0 Å². The molecule has 0 radical (unpaired) electrons. The Labute approximate surface area is 116 Å². The number of hydrogen-bond acceptors (Lipinski definition) is 7. The lowest BCUT2D eigenvalue weighted by Gasteiger charge is -2.00. The van der Waals surface area contributed by atoms with Gasteiger partial charge in [-0.25, -0.2) is 16.8 Å². The molecule has 0 aliphatic rings. The number of sulfone groups is 2. The number of anilines is 1. The average molecular weight is 318 g/mol. The molecule has 2 rings (SSSR count). The largest absolute Gasteiger partial charge is 0.428 e. The fraction of sp³-hybridized carbons (Fsp3) is 0.364. The molecule has 0 aliphatic carbocycles. The summed E-state index contributed by atoms with van der Waals surface area (Å²) < 4.78 is 51.9. The van der Waals surface area contributed by atoms with Gasteiger partial charge in [0.05, 0.1) is 11.5 Å². The lowest BCUT2D eigenvalue weighted by atomic mass is 10.3. The van der Waals surface area contributed by atoms with Gasteiger partial charge in [0.1, 0.15) is 5.52 Å². The van der Waals surface area contributed by atoms with E-state index in [2.05, 4.69) is 4.98 Å². The number of oxazole rings is 1. The minimum Gasteiger partial charge on any atom is -0.428 e. The van der Waals surface area contributed by atoms with Crippen LogP contribution >= 0.6 is 0 Å². The van der Waals surface area contributed by atoms with E-state index in [9.17, 15) is 16.8 Å². The van der Waals surface area contributed by atoms with Crippen LogP contribution in [0.5, 0.6) is 0 Å². The first kappa shape index (κ1) is 14.8. The number of aromatic nitrogens is 1. The summed E-state index contributed by atoms with van der Waals surface area (Å²) in [6.45, 7) is 1.46. The molecule has 1 aromatic carbocycles. The molecule has 0 amide bonds. The van der Waals surface area contributed by atoms with Crippen LogP contribution in [0.3, 0.4) is 0 Å². The zero-order chi connectivity index (χ0) is 15.0. The van der Waals surface area contributed by atoms with E-state index in [4.69, 9.17) is 10.2 Å². The predicted octanol–water partition coefficient (Wildman–Crippen LogP) is 0.618. The Hall–Kier alpha value is -1.61. The van der Waals surface area contributed by atoms with Crippen LogP contribution < -0.4 is 5.73 Å². The van der Waals surface area contributed by atoms with E-state index in [0.717, 1.165) is 0 Å². The third-order valence-electron chi connectivity index (χ3n) is 2.76. The minimum absolute atomic E-state index is 0.105. The Kier molecular flexibility index (Phi) is 3.74. The molecule has 0 saturated heterocycles. The van der Waals surface area contributed by atoms with Crippen molar-refractivity contribution in [1.29, 1.82) is 0 Å². The Bertz CT molecular complexity index is 837. The summed E-state index contributed by atoms with van der Waals surface area (Å²) in [7, 11) is -7.24. The monoisotopic (exact) mass is 318 g/mol. The van der Waals surface area contributed by atoms with Gasteiger partial charge in [-0.05, 0) is 18.2 Å². The van der Waals surface area contributed by atoms with E-state index in [0.29, 0.717) is 11.2 Å². The molecule has 7 nitrogen and oxygen atoms in total. The van der Waals surface area contributed by atoms with Crippen molar-refractivity contribution in [2.24, 2.45) is 0 Å². The molecular formula is C11H14N2O5S2. The second-order valence-electron chi connectivity index (χ2n) is 4.26. The molecule has 110 valence electrons. The molecule has 0 spiro atoms. The van der Waals surface area contributed by atoms with Crippen molar-refractivity contribution in [2.75, 3.05) is 23.0 Å². The highest BCUT2D eigenvalue weighted by atomic mass is 32.2. The van der Waals surface area contributed by atoms with Crippen molar-refractivity contribution in [1.82, 2.24) is 4.98 Å². The van der Waals surface area contributed by atoms with E-state index < -0.39 is 36.4 Å². The van der Waals surface area contributed by atoms with Gasteiger partial charge in [0, 0.05) is 11.4 Å². The van der Waals surface area contributed by atoms with Crippen LogP contribution in [0.1, 0.15) is 6.92 Å². The fourth-order valence-corrected chi connectivity index (χ4v) is 4.34. The molecule has 2 aromatic rings. The van der Waals surface area contributed by atoms with Gasteiger partial charge >= 0.3 is 5.22 Å². The standard InChI is InChI=1S/C11H14N2O5S2/c1-2-19(14,15)5-6-20(16,17)11-13-9-7-8(12)3-4-10(9)18-11/h3-4,7H,2,5-6,12H2,1H3. The third-order valence-corrected chi connectivity index (χ3v) is 6.17. The highest BCUT2D eigenvalue weighted by Gasteiger charge is 2.24. The maximum Gasteiger partial charge on any atom is 0.316 e. The molecular weight excluding hydrogens is 304 g/mol.